The molecule has 9 heteroatoms. The molecule has 0 saturated carbocycles. The molecule has 0 bridgehead atoms. The third-order valence-corrected chi connectivity index (χ3v) is 15.8. The SMILES string of the molecule is N#Cc1c(-c2ccccn2)c(-n2c3ccccc3c3ccc4c5ccccc5oc4c32)c(-n2c3ccccc3c3ccc4c5ccccc5oc4c32)c(C#N)c1-n1c2ccccc2c2ccc3c4ccccc4oc3c21. The summed E-state index contributed by atoms with van der Waals surface area (Å²) >= 11 is 0. The zero-order valence-electron chi connectivity index (χ0n) is 40.0. The van der Waals surface area contributed by atoms with Gasteiger partial charge in [-0.1, -0.05) is 133 Å². The lowest BCUT2D eigenvalue weighted by molar-refractivity contribution is 0.670. The maximum Gasteiger partial charge on any atom is 0.160 e. The van der Waals surface area contributed by atoms with Gasteiger partial charge in [-0.05, 0) is 66.7 Å². The minimum Gasteiger partial charge on any atom is -0.454 e. The number of hydrogen-bond donors (Lipinski definition) is 0. The molecule has 0 aliphatic heterocycles. The fourth-order valence-corrected chi connectivity index (χ4v) is 12.7. The smallest absolute Gasteiger partial charge is 0.160 e. The Morgan fingerprint density at radius 2 is 0.671 bits per heavy atom. The summed E-state index contributed by atoms with van der Waals surface area (Å²) in [4.78, 5) is 5.17. The van der Waals surface area contributed by atoms with Crippen LogP contribution in [0.3, 0.4) is 0 Å². The summed E-state index contributed by atoms with van der Waals surface area (Å²) in [5, 5.41) is 36.4. The van der Waals surface area contributed by atoms with Gasteiger partial charge in [0.2, 0.25) is 0 Å². The summed E-state index contributed by atoms with van der Waals surface area (Å²) in [6.45, 7) is 0. The van der Waals surface area contributed by atoms with Gasteiger partial charge in [-0.15, -0.1) is 0 Å². The van der Waals surface area contributed by atoms with Crippen LogP contribution in [0, 0.1) is 22.7 Å². The van der Waals surface area contributed by atoms with E-state index in [1.807, 2.05) is 109 Å². The summed E-state index contributed by atoms with van der Waals surface area (Å²) in [5.74, 6) is 0. The van der Waals surface area contributed by atoms with Crippen molar-refractivity contribution in [2.75, 3.05) is 0 Å². The summed E-state index contributed by atoms with van der Waals surface area (Å²) in [6.07, 6.45) is 1.76. The van der Waals surface area contributed by atoms with E-state index in [0.29, 0.717) is 45.1 Å². The van der Waals surface area contributed by atoms with E-state index >= 15 is 0 Å². The highest BCUT2D eigenvalue weighted by Crippen LogP contribution is 2.51. The van der Waals surface area contributed by atoms with Crippen LogP contribution in [0.2, 0.25) is 0 Å². The predicted molar refractivity (Wildman–Crippen MR) is 304 cm³/mol. The number of nitrogens with zero attached hydrogens (tertiary/aromatic N) is 6. The van der Waals surface area contributed by atoms with Crippen molar-refractivity contribution in [1.82, 2.24) is 18.7 Å². The van der Waals surface area contributed by atoms with Crippen molar-refractivity contribution < 1.29 is 13.3 Å². The molecule has 7 heterocycles. The van der Waals surface area contributed by atoms with Crippen molar-refractivity contribution in [2.24, 2.45) is 0 Å². The number of nitriles is 2. The van der Waals surface area contributed by atoms with Crippen LogP contribution in [-0.2, 0) is 0 Å². The molecule has 17 rings (SSSR count). The van der Waals surface area contributed by atoms with E-state index < -0.39 is 0 Å². The zero-order valence-corrected chi connectivity index (χ0v) is 40.0. The van der Waals surface area contributed by atoms with Crippen LogP contribution >= 0.6 is 0 Å². The molecule has 17 aromatic rings. The first kappa shape index (κ1) is 40.7. The average molecular weight is 971 g/mol. The molecule has 10 aromatic carbocycles. The summed E-state index contributed by atoms with van der Waals surface area (Å²) in [6, 6.07) is 73.3. The van der Waals surface area contributed by atoms with E-state index in [1.54, 1.807) is 6.20 Å². The zero-order chi connectivity index (χ0) is 49.9. The van der Waals surface area contributed by atoms with E-state index in [2.05, 4.69) is 117 Å². The molecule has 7 aromatic heterocycles. The lowest BCUT2D eigenvalue weighted by Gasteiger charge is -2.26. The number of benzene rings is 10. The number of pyridine rings is 1. The van der Waals surface area contributed by atoms with Gasteiger partial charge in [0.05, 0.1) is 61.4 Å². The van der Waals surface area contributed by atoms with Crippen LogP contribution in [0.25, 0.3) is 160 Å². The molecule has 9 nitrogen and oxygen atoms in total. The second-order valence-electron chi connectivity index (χ2n) is 19.5. The molecular formula is C67H34N6O3. The number of rotatable bonds is 4. The first-order valence-electron chi connectivity index (χ1n) is 25.2. The average Bonchev–Trinajstić information content (AvgIpc) is 4.51. The Kier molecular flexibility index (Phi) is 7.96. The lowest BCUT2D eigenvalue weighted by atomic mass is 9.93. The molecule has 76 heavy (non-hydrogen) atoms. The van der Waals surface area contributed by atoms with Crippen LogP contribution in [0.1, 0.15) is 11.1 Å². The molecule has 0 aliphatic rings. The Labute approximate surface area is 429 Å². The van der Waals surface area contributed by atoms with Crippen molar-refractivity contribution in [3.05, 3.63) is 218 Å². The normalized spacial score (nSPS) is 12.2. The fourth-order valence-electron chi connectivity index (χ4n) is 12.7. The Morgan fingerprint density at radius 3 is 1.08 bits per heavy atom. The van der Waals surface area contributed by atoms with Gasteiger partial charge in [0, 0.05) is 76.4 Å². The van der Waals surface area contributed by atoms with Gasteiger partial charge in [0.25, 0.3) is 0 Å². The Bertz CT molecular complexity index is 5510. The molecule has 0 saturated heterocycles. The Hall–Kier alpha value is -10.9. The molecule has 0 radical (unpaired) electrons. The minimum absolute atomic E-state index is 0.250. The molecule has 0 amide bonds. The van der Waals surface area contributed by atoms with E-state index in [4.69, 9.17) is 18.2 Å². The van der Waals surface area contributed by atoms with Gasteiger partial charge in [-0.25, -0.2) is 0 Å². The monoisotopic (exact) mass is 970 g/mol. The molecule has 0 fully saturated rings. The molecule has 0 N–H and O–H groups in total. The first-order chi connectivity index (χ1) is 37.7. The van der Waals surface area contributed by atoms with E-state index in [-0.39, 0.29) is 11.1 Å². The molecule has 0 unspecified atom stereocenters. The number of furan rings is 3. The van der Waals surface area contributed by atoms with Gasteiger partial charge >= 0.3 is 0 Å². The van der Waals surface area contributed by atoms with E-state index in [0.717, 1.165) is 114 Å². The largest absolute Gasteiger partial charge is 0.454 e. The summed E-state index contributed by atoms with van der Waals surface area (Å²) < 4.78 is 27.5. The second kappa shape index (κ2) is 14.9. The fraction of sp³-hybridized carbons (Fsp3) is 0. The third-order valence-electron chi connectivity index (χ3n) is 15.8. The van der Waals surface area contributed by atoms with Crippen molar-refractivity contribution in [2.45, 2.75) is 0 Å². The van der Waals surface area contributed by atoms with Crippen LogP contribution in [-0.4, -0.2) is 18.7 Å². The van der Waals surface area contributed by atoms with Crippen LogP contribution in [0.15, 0.2) is 220 Å². The molecule has 0 aliphatic carbocycles. The molecular weight excluding hydrogens is 937 g/mol. The lowest BCUT2D eigenvalue weighted by Crippen LogP contribution is -2.14. The van der Waals surface area contributed by atoms with Crippen LogP contribution in [0.4, 0.5) is 0 Å². The quantitative estimate of drug-likeness (QED) is 0.173. The highest BCUT2D eigenvalue weighted by Gasteiger charge is 2.35. The van der Waals surface area contributed by atoms with E-state index in [9.17, 15) is 10.5 Å². The maximum atomic E-state index is 12.7. The van der Waals surface area contributed by atoms with Gasteiger partial charge in [-0.2, -0.15) is 10.5 Å². The van der Waals surface area contributed by atoms with Crippen molar-refractivity contribution >= 4 is 131 Å². The molecule has 0 atom stereocenters. The minimum atomic E-state index is 0.250. The Morgan fingerprint density at radius 1 is 0.316 bits per heavy atom. The maximum absolute atomic E-state index is 12.7. The van der Waals surface area contributed by atoms with Crippen LogP contribution in [0.5, 0.6) is 0 Å². The summed E-state index contributed by atoms with van der Waals surface area (Å²) in [5.41, 5.74) is 12.0. The van der Waals surface area contributed by atoms with Crippen molar-refractivity contribution in [3.8, 4) is 40.5 Å². The number of aromatic nitrogens is 4. The van der Waals surface area contributed by atoms with Crippen LogP contribution < -0.4 is 0 Å². The number of hydrogen-bond acceptors (Lipinski definition) is 6. The van der Waals surface area contributed by atoms with Gasteiger partial charge in [-0.3, -0.25) is 4.98 Å². The Balaban J connectivity index is 1.19. The highest BCUT2D eigenvalue weighted by atomic mass is 16.3. The molecule has 350 valence electrons. The molecule has 0 spiro atoms. The third kappa shape index (κ3) is 5.12. The second-order valence-corrected chi connectivity index (χ2v) is 19.5. The summed E-state index contributed by atoms with van der Waals surface area (Å²) in [7, 11) is 0. The number of fused-ring (bicyclic) bond motifs is 21. The first-order valence-corrected chi connectivity index (χ1v) is 25.2. The van der Waals surface area contributed by atoms with Crippen molar-refractivity contribution in [1.29, 1.82) is 10.5 Å². The van der Waals surface area contributed by atoms with Gasteiger partial charge < -0.3 is 27.0 Å². The predicted octanol–water partition coefficient (Wildman–Crippen LogP) is 17.5. The van der Waals surface area contributed by atoms with Gasteiger partial charge in [0.15, 0.2) is 16.7 Å². The highest BCUT2D eigenvalue weighted by molar-refractivity contribution is 6.26. The van der Waals surface area contributed by atoms with Gasteiger partial charge in [0.1, 0.15) is 34.5 Å². The van der Waals surface area contributed by atoms with Crippen molar-refractivity contribution in [3.63, 3.8) is 0 Å². The standard InChI is InChI=1S/C67H34N6O3/c68-35-49-58(51-21-13-14-34-70-51)64(73-54-24-9-3-17-39(54)45-30-33-48-42-20-6-12-27-57(42)76-67(48)63(45)73)60(72-53-23-8-2-16-38(53)44-29-32-47-41-19-5-11-26-56(41)75-66(47)62(44)72)50(36-69)59(49)71-52-22-7-1-15-37(52)43-28-31-46-40-18-4-10-25-55(40)74-65(46)61(43)71/h1-34H. The number of para-hydroxylation sites is 6. The van der Waals surface area contributed by atoms with E-state index in [1.165, 1.54) is 0 Å². The topological polar surface area (TPSA) is 115 Å².